The second kappa shape index (κ2) is 9.62. The summed E-state index contributed by atoms with van der Waals surface area (Å²) in [5.74, 6) is 1.71. The molecule has 7 nitrogen and oxygen atoms in total. The smallest absolute Gasteiger partial charge is 0.367 e. The predicted octanol–water partition coefficient (Wildman–Crippen LogP) is 3.71. The lowest BCUT2D eigenvalue weighted by Gasteiger charge is -2.30. The van der Waals surface area contributed by atoms with Crippen molar-refractivity contribution in [3.8, 4) is 0 Å². The van der Waals surface area contributed by atoms with E-state index in [1.165, 1.54) is 12.1 Å². The standard InChI is InChI=1S/C21H28F3N5O2S/c1-14-25-19(12-20(26-14)29(2)3)27-17-7-9-18(10-8-17)28-32(30,31)13-15-5-4-6-16(11-15)21(22,23)24/h4-6,11-12,17-18,28H,7-10,13H2,1-3H3,(H,25,26,27). The molecule has 3 rings (SSSR count). The van der Waals surface area contributed by atoms with E-state index in [9.17, 15) is 21.6 Å². The fourth-order valence-electron chi connectivity index (χ4n) is 3.77. The molecule has 0 radical (unpaired) electrons. The molecule has 2 aromatic rings. The van der Waals surface area contributed by atoms with Crippen LogP contribution in [0.3, 0.4) is 0 Å². The number of sulfonamides is 1. The first-order valence-corrected chi connectivity index (χ1v) is 12.0. The molecule has 32 heavy (non-hydrogen) atoms. The summed E-state index contributed by atoms with van der Waals surface area (Å²) >= 11 is 0. The van der Waals surface area contributed by atoms with Gasteiger partial charge in [-0.05, 0) is 44.2 Å². The van der Waals surface area contributed by atoms with Gasteiger partial charge in [0.2, 0.25) is 10.0 Å². The van der Waals surface area contributed by atoms with Gasteiger partial charge >= 0.3 is 6.18 Å². The molecule has 1 aromatic heterocycles. The Morgan fingerprint density at radius 2 is 1.72 bits per heavy atom. The zero-order valence-corrected chi connectivity index (χ0v) is 19.1. The molecule has 1 aliphatic rings. The van der Waals surface area contributed by atoms with Gasteiger partial charge in [0.15, 0.2) is 0 Å². The molecule has 1 fully saturated rings. The minimum Gasteiger partial charge on any atom is -0.367 e. The van der Waals surface area contributed by atoms with Crippen molar-refractivity contribution in [3.63, 3.8) is 0 Å². The number of halogens is 3. The molecule has 176 valence electrons. The van der Waals surface area contributed by atoms with E-state index in [-0.39, 0.29) is 17.6 Å². The lowest BCUT2D eigenvalue weighted by atomic mass is 9.92. The molecule has 0 atom stereocenters. The fourth-order valence-corrected chi connectivity index (χ4v) is 5.22. The molecule has 1 aliphatic carbocycles. The molecule has 11 heteroatoms. The van der Waals surface area contributed by atoms with E-state index in [1.54, 1.807) is 0 Å². The maximum Gasteiger partial charge on any atom is 0.416 e. The third-order valence-electron chi connectivity index (χ3n) is 5.32. The van der Waals surface area contributed by atoms with Gasteiger partial charge in [-0.1, -0.05) is 18.2 Å². The number of rotatable bonds is 7. The van der Waals surface area contributed by atoms with Crippen LogP contribution in [0.5, 0.6) is 0 Å². The van der Waals surface area contributed by atoms with E-state index in [1.807, 2.05) is 32.0 Å². The molecule has 0 bridgehead atoms. The second-order valence-corrected chi connectivity index (χ2v) is 10.1. The molecule has 0 saturated heterocycles. The number of nitrogens with zero attached hydrogens (tertiary/aromatic N) is 3. The molecule has 1 saturated carbocycles. The Balaban J connectivity index is 1.54. The monoisotopic (exact) mass is 471 g/mol. The maximum atomic E-state index is 12.9. The number of aryl methyl sites for hydroxylation is 1. The van der Waals surface area contributed by atoms with Crippen molar-refractivity contribution in [2.24, 2.45) is 0 Å². The molecule has 0 unspecified atom stereocenters. The highest BCUT2D eigenvalue weighted by molar-refractivity contribution is 7.88. The normalized spacial score (nSPS) is 19.6. The minimum atomic E-state index is -4.51. The molecule has 0 spiro atoms. The topological polar surface area (TPSA) is 87.2 Å². The Morgan fingerprint density at radius 3 is 2.34 bits per heavy atom. The Labute approximate surface area is 186 Å². The average molecular weight is 472 g/mol. The highest BCUT2D eigenvalue weighted by Gasteiger charge is 2.31. The first kappa shape index (κ1) is 24.2. The first-order chi connectivity index (χ1) is 14.9. The van der Waals surface area contributed by atoms with Gasteiger partial charge in [0.05, 0.1) is 11.3 Å². The molecule has 2 N–H and O–H groups in total. The highest BCUT2D eigenvalue weighted by atomic mass is 32.2. The molecule has 0 amide bonds. The second-order valence-electron chi connectivity index (χ2n) is 8.32. The van der Waals surface area contributed by atoms with Crippen molar-refractivity contribution in [1.29, 1.82) is 0 Å². The number of hydrogen-bond donors (Lipinski definition) is 2. The number of hydrogen-bond acceptors (Lipinski definition) is 6. The number of aromatic nitrogens is 2. The van der Waals surface area contributed by atoms with Crippen molar-refractivity contribution in [2.45, 2.75) is 56.6 Å². The highest BCUT2D eigenvalue weighted by Crippen LogP contribution is 2.30. The molecular formula is C21H28F3N5O2S. The van der Waals surface area contributed by atoms with Crippen LogP contribution in [0.15, 0.2) is 30.3 Å². The van der Waals surface area contributed by atoms with Gasteiger partial charge in [0, 0.05) is 32.2 Å². The van der Waals surface area contributed by atoms with Gasteiger partial charge < -0.3 is 10.2 Å². The summed E-state index contributed by atoms with van der Waals surface area (Å²) in [4.78, 5) is 10.7. The first-order valence-electron chi connectivity index (χ1n) is 10.4. The van der Waals surface area contributed by atoms with Crippen LogP contribution in [0.1, 0.15) is 42.6 Å². The van der Waals surface area contributed by atoms with Crippen LogP contribution in [0.4, 0.5) is 24.8 Å². The summed E-state index contributed by atoms with van der Waals surface area (Å²) < 4.78 is 66.3. The quantitative estimate of drug-likeness (QED) is 0.640. The van der Waals surface area contributed by atoms with Crippen molar-refractivity contribution < 1.29 is 21.6 Å². The van der Waals surface area contributed by atoms with Crippen LogP contribution in [0.2, 0.25) is 0 Å². The summed E-state index contributed by atoms with van der Waals surface area (Å²) in [5.41, 5.74) is -0.743. The number of alkyl halides is 3. The predicted molar refractivity (Wildman–Crippen MR) is 118 cm³/mol. The van der Waals surface area contributed by atoms with E-state index < -0.39 is 27.5 Å². The largest absolute Gasteiger partial charge is 0.416 e. The Bertz CT molecular complexity index is 1040. The lowest BCUT2D eigenvalue weighted by Crippen LogP contribution is -2.40. The SMILES string of the molecule is Cc1nc(NC2CCC(NS(=O)(=O)Cc3cccc(C(F)(F)F)c3)CC2)cc(N(C)C)n1. The van der Waals surface area contributed by atoms with Crippen molar-refractivity contribution in [2.75, 3.05) is 24.3 Å². The third-order valence-corrected chi connectivity index (χ3v) is 6.72. The van der Waals surface area contributed by atoms with E-state index in [2.05, 4.69) is 20.0 Å². The number of benzene rings is 1. The van der Waals surface area contributed by atoms with Gasteiger partial charge in [-0.15, -0.1) is 0 Å². The summed E-state index contributed by atoms with van der Waals surface area (Å²) in [6.45, 7) is 1.83. The molecule has 1 heterocycles. The molecule has 0 aliphatic heterocycles. The van der Waals surface area contributed by atoms with Gasteiger partial charge in [0.1, 0.15) is 17.5 Å². The number of anilines is 2. The minimum absolute atomic E-state index is 0.110. The summed E-state index contributed by atoms with van der Waals surface area (Å²) in [5, 5.41) is 3.40. The number of nitrogens with one attached hydrogen (secondary N) is 2. The van der Waals surface area contributed by atoms with Gasteiger partial charge in [-0.3, -0.25) is 0 Å². The van der Waals surface area contributed by atoms with Gasteiger partial charge in [-0.2, -0.15) is 13.2 Å². The fraction of sp³-hybridized carbons (Fsp3) is 0.524. The molecule has 1 aromatic carbocycles. The van der Waals surface area contributed by atoms with Crippen LogP contribution in [0, 0.1) is 6.92 Å². The van der Waals surface area contributed by atoms with Gasteiger partial charge in [0.25, 0.3) is 0 Å². The van der Waals surface area contributed by atoms with Crippen LogP contribution < -0.4 is 14.9 Å². The third kappa shape index (κ3) is 6.80. The Morgan fingerprint density at radius 1 is 1.06 bits per heavy atom. The average Bonchev–Trinajstić information content (AvgIpc) is 2.68. The van der Waals surface area contributed by atoms with E-state index >= 15 is 0 Å². The van der Waals surface area contributed by atoms with Crippen LogP contribution >= 0.6 is 0 Å². The summed E-state index contributed by atoms with van der Waals surface area (Å²) in [7, 11) is 0.0525. The zero-order chi connectivity index (χ0) is 23.5. The maximum absolute atomic E-state index is 12.9. The van der Waals surface area contributed by atoms with Crippen LogP contribution in [-0.2, 0) is 22.0 Å². The van der Waals surface area contributed by atoms with Crippen molar-refractivity contribution >= 4 is 21.7 Å². The van der Waals surface area contributed by atoms with Crippen LogP contribution in [0.25, 0.3) is 0 Å². The van der Waals surface area contributed by atoms with Crippen LogP contribution in [-0.4, -0.2) is 44.6 Å². The Kier molecular flexibility index (Phi) is 7.29. The van der Waals surface area contributed by atoms with Gasteiger partial charge in [-0.25, -0.2) is 23.1 Å². The summed E-state index contributed by atoms with van der Waals surface area (Å²) in [6.07, 6.45) is -1.75. The summed E-state index contributed by atoms with van der Waals surface area (Å²) in [6, 6.07) is 6.21. The zero-order valence-electron chi connectivity index (χ0n) is 18.3. The van der Waals surface area contributed by atoms with E-state index in [0.717, 1.165) is 36.6 Å². The molecular weight excluding hydrogens is 443 g/mol. The van der Waals surface area contributed by atoms with E-state index in [0.29, 0.717) is 18.7 Å². The van der Waals surface area contributed by atoms with E-state index in [4.69, 9.17) is 0 Å². The van der Waals surface area contributed by atoms with Crippen molar-refractivity contribution in [3.05, 3.63) is 47.3 Å². The van der Waals surface area contributed by atoms with Crippen molar-refractivity contribution in [1.82, 2.24) is 14.7 Å². The lowest BCUT2D eigenvalue weighted by molar-refractivity contribution is -0.137. The Hall–Kier alpha value is -2.40.